The van der Waals surface area contributed by atoms with Crippen molar-refractivity contribution in [2.75, 3.05) is 6.54 Å². The molecule has 0 aliphatic rings. The smallest absolute Gasteiger partial charge is 0.263 e. The SMILES string of the molecule is CCN(Cc1nc2cc(Cl)ccc2c(=O)[nH]1)C(=O)[C@H](C)Oc1ccc(F)cc1. The predicted molar refractivity (Wildman–Crippen MR) is 105 cm³/mol. The van der Waals surface area contributed by atoms with Crippen molar-refractivity contribution in [3.8, 4) is 5.75 Å². The molecule has 1 aromatic heterocycles. The molecule has 0 aliphatic heterocycles. The van der Waals surface area contributed by atoms with E-state index in [9.17, 15) is 14.0 Å². The number of halogens is 2. The van der Waals surface area contributed by atoms with Gasteiger partial charge in [0, 0.05) is 11.6 Å². The van der Waals surface area contributed by atoms with E-state index in [2.05, 4.69) is 9.97 Å². The lowest BCUT2D eigenvalue weighted by Gasteiger charge is -2.24. The average Bonchev–Trinajstić information content (AvgIpc) is 2.67. The van der Waals surface area contributed by atoms with Gasteiger partial charge in [0.05, 0.1) is 17.4 Å². The summed E-state index contributed by atoms with van der Waals surface area (Å²) in [6, 6.07) is 10.3. The number of aromatic nitrogens is 2. The quantitative estimate of drug-likeness (QED) is 0.683. The Hall–Kier alpha value is -2.93. The minimum absolute atomic E-state index is 0.115. The van der Waals surface area contributed by atoms with Gasteiger partial charge in [0.25, 0.3) is 11.5 Å². The first-order valence-electron chi connectivity index (χ1n) is 8.77. The van der Waals surface area contributed by atoms with E-state index in [1.165, 1.54) is 29.2 Å². The van der Waals surface area contributed by atoms with Crippen molar-refractivity contribution in [2.24, 2.45) is 0 Å². The number of ether oxygens (including phenoxy) is 1. The summed E-state index contributed by atoms with van der Waals surface area (Å²) >= 11 is 5.98. The molecule has 0 fully saturated rings. The van der Waals surface area contributed by atoms with Crippen LogP contribution in [0.5, 0.6) is 5.75 Å². The van der Waals surface area contributed by atoms with Gasteiger partial charge in [-0.1, -0.05) is 11.6 Å². The van der Waals surface area contributed by atoms with Crippen LogP contribution in [-0.4, -0.2) is 33.4 Å². The zero-order chi connectivity index (χ0) is 20.3. The molecule has 0 unspecified atom stereocenters. The van der Waals surface area contributed by atoms with Crippen LogP contribution in [0.25, 0.3) is 10.9 Å². The number of hydrogen-bond acceptors (Lipinski definition) is 4. The first-order chi connectivity index (χ1) is 13.4. The van der Waals surface area contributed by atoms with Crippen LogP contribution in [0.15, 0.2) is 47.3 Å². The van der Waals surface area contributed by atoms with Gasteiger partial charge in [-0.15, -0.1) is 0 Å². The molecule has 0 bridgehead atoms. The number of fused-ring (bicyclic) bond motifs is 1. The molecule has 6 nitrogen and oxygen atoms in total. The van der Waals surface area contributed by atoms with E-state index in [1.54, 1.807) is 25.1 Å². The topological polar surface area (TPSA) is 75.3 Å². The standard InChI is InChI=1S/C20H19ClFN3O3/c1-3-25(20(27)12(2)28-15-7-5-14(22)6-8-15)11-18-23-17-10-13(21)4-9-16(17)19(26)24-18/h4-10,12H,3,11H2,1-2H3,(H,23,24,26)/t12-/m0/s1. The Morgan fingerprint density at radius 1 is 1.29 bits per heavy atom. The summed E-state index contributed by atoms with van der Waals surface area (Å²) in [7, 11) is 0. The van der Waals surface area contributed by atoms with E-state index in [1.807, 2.05) is 6.92 Å². The zero-order valence-corrected chi connectivity index (χ0v) is 16.2. The van der Waals surface area contributed by atoms with E-state index in [4.69, 9.17) is 16.3 Å². The Morgan fingerprint density at radius 3 is 2.68 bits per heavy atom. The third-order valence-corrected chi connectivity index (χ3v) is 4.46. The van der Waals surface area contributed by atoms with Gasteiger partial charge < -0.3 is 14.6 Å². The molecule has 0 saturated carbocycles. The minimum Gasteiger partial charge on any atom is -0.481 e. The van der Waals surface area contributed by atoms with Gasteiger partial charge in [0.2, 0.25) is 0 Å². The molecule has 0 radical (unpaired) electrons. The maximum absolute atomic E-state index is 13.0. The number of likely N-dealkylation sites (N-methyl/N-ethyl adjacent to an activating group) is 1. The van der Waals surface area contributed by atoms with Crippen molar-refractivity contribution in [3.63, 3.8) is 0 Å². The lowest BCUT2D eigenvalue weighted by atomic mass is 10.2. The molecule has 0 aliphatic carbocycles. The minimum atomic E-state index is -0.785. The van der Waals surface area contributed by atoms with Crippen LogP contribution < -0.4 is 10.3 Å². The fraction of sp³-hybridized carbons (Fsp3) is 0.250. The number of carbonyl (C=O) groups is 1. The van der Waals surface area contributed by atoms with Gasteiger partial charge in [0.15, 0.2) is 6.10 Å². The van der Waals surface area contributed by atoms with Gasteiger partial charge in [-0.2, -0.15) is 0 Å². The fourth-order valence-electron chi connectivity index (χ4n) is 2.79. The molecule has 1 heterocycles. The van der Waals surface area contributed by atoms with E-state index < -0.39 is 6.10 Å². The Kier molecular flexibility index (Phi) is 5.94. The maximum Gasteiger partial charge on any atom is 0.263 e. The van der Waals surface area contributed by atoms with Crippen molar-refractivity contribution in [1.29, 1.82) is 0 Å². The zero-order valence-electron chi connectivity index (χ0n) is 15.4. The molecule has 146 valence electrons. The Morgan fingerprint density at radius 2 is 2.00 bits per heavy atom. The molecule has 0 saturated heterocycles. The van der Waals surface area contributed by atoms with Crippen molar-refractivity contribution in [1.82, 2.24) is 14.9 Å². The number of hydrogen-bond donors (Lipinski definition) is 1. The highest BCUT2D eigenvalue weighted by Crippen LogP contribution is 2.16. The number of amides is 1. The van der Waals surface area contributed by atoms with Gasteiger partial charge in [0.1, 0.15) is 17.4 Å². The highest BCUT2D eigenvalue weighted by Gasteiger charge is 2.22. The summed E-state index contributed by atoms with van der Waals surface area (Å²) in [4.78, 5) is 33.6. The van der Waals surface area contributed by atoms with Crippen LogP contribution in [0.3, 0.4) is 0 Å². The summed E-state index contributed by atoms with van der Waals surface area (Å²) in [6.45, 7) is 3.95. The number of benzene rings is 2. The Balaban J connectivity index is 1.77. The van der Waals surface area contributed by atoms with Gasteiger partial charge in [-0.25, -0.2) is 9.37 Å². The first kappa shape index (κ1) is 19.8. The second kappa shape index (κ2) is 8.39. The molecule has 0 spiro atoms. The van der Waals surface area contributed by atoms with Crippen LogP contribution in [0.4, 0.5) is 4.39 Å². The first-order valence-corrected chi connectivity index (χ1v) is 9.14. The molecule has 28 heavy (non-hydrogen) atoms. The largest absolute Gasteiger partial charge is 0.481 e. The molecule has 8 heteroatoms. The molecule has 1 amide bonds. The summed E-state index contributed by atoms with van der Waals surface area (Å²) < 4.78 is 18.6. The average molecular weight is 404 g/mol. The number of aromatic amines is 1. The van der Waals surface area contributed by atoms with E-state index in [-0.39, 0.29) is 23.8 Å². The number of H-pyrrole nitrogens is 1. The summed E-state index contributed by atoms with van der Waals surface area (Å²) in [5, 5.41) is 0.900. The van der Waals surface area contributed by atoms with Crippen LogP contribution in [0, 0.1) is 5.82 Å². The molecule has 2 aromatic carbocycles. The van der Waals surface area contributed by atoms with Crippen LogP contribution in [0.1, 0.15) is 19.7 Å². The molecular weight excluding hydrogens is 385 g/mol. The lowest BCUT2D eigenvalue weighted by molar-refractivity contribution is -0.138. The molecule has 1 N–H and O–H groups in total. The molecule has 1 atom stereocenters. The van der Waals surface area contributed by atoms with E-state index >= 15 is 0 Å². The van der Waals surface area contributed by atoms with E-state index in [0.29, 0.717) is 34.0 Å². The monoisotopic (exact) mass is 403 g/mol. The van der Waals surface area contributed by atoms with Crippen LogP contribution >= 0.6 is 11.6 Å². The van der Waals surface area contributed by atoms with Crippen molar-refractivity contribution < 1.29 is 13.9 Å². The van der Waals surface area contributed by atoms with E-state index in [0.717, 1.165) is 0 Å². The Labute approximate surface area is 165 Å². The van der Waals surface area contributed by atoms with Gasteiger partial charge in [-0.05, 0) is 56.3 Å². The second-order valence-electron chi connectivity index (χ2n) is 6.24. The number of rotatable bonds is 6. The number of nitrogens with zero attached hydrogens (tertiary/aromatic N) is 2. The third kappa shape index (κ3) is 4.48. The second-order valence-corrected chi connectivity index (χ2v) is 6.68. The summed E-state index contributed by atoms with van der Waals surface area (Å²) in [5.74, 6) is 0.0859. The van der Waals surface area contributed by atoms with Crippen molar-refractivity contribution in [3.05, 3.63) is 69.5 Å². The number of carbonyl (C=O) groups excluding carboxylic acids is 1. The van der Waals surface area contributed by atoms with Crippen LogP contribution in [0.2, 0.25) is 5.02 Å². The summed E-state index contributed by atoms with van der Waals surface area (Å²) in [6.07, 6.45) is -0.785. The molecular formula is C20H19ClFN3O3. The van der Waals surface area contributed by atoms with Crippen molar-refractivity contribution >= 4 is 28.4 Å². The molecule has 3 aromatic rings. The highest BCUT2D eigenvalue weighted by molar-refractivity contribution is 6.31. The van der Waals surface area contributed by atoms with Crippen molar-refractivity contribution in [2.45, 2.75) is 26.5 Å². The van der Waals surface area contributed by atoms with Gasteiger partial charge >= 0.3 is 0 Å². The van der Waals surface area contributed by atoms with Gasteiger partial charge in [-0.3, -0.25) is 9.59 Å². The third-order valence-electron chi connectivity index (χ3n) is 4.23. The summed E-state index contributed by atoms with van der Waals surface area (Å²) in [5.41, 5.74) is 0.168. The number of nitrogens with one attached hydrogen (secondary N) is 1. The Bertz CT molecular complexity index is 1050. The highest BCUT2D eigenvalue weighted by atomic mass is 35.5. The maximum atomic E-state index is 13.0. The normalized spacial score (nSPS) is 12.0. The van der Waals surface area contributed by atoms with Crippen LogP contribution in [-0.2, 0) is 11.3 Å². The predicted octanol–water partition coefficient (Wildman–Crippen LogP) is 3.53. The fourth-order valence-corrected chi connectivity index (χ4v) is 2.95. The molecule has 3 rings (SSSR count). The lowest BCUT2D eigenvalue weighted by Crippen LogP contribution is -2.40.